The number of methoxy groups -OCH3 is 1. The Kier molecular flexibility index (Phi) is 13.0. The first-order chi connectivity index (χ1) is 9.16. The molecule has 0 spiro atoms. The van der Waals surface area contributed by atoms with E-state index in [0.717, 1.165) is 25.7 Å². The highest BCUT2D eigenvalue weighted by molar-refractivity contribution is 5.75. The van der Waals surface area contributed by atoms with E-state index in [1.165, 1.54) is 52.1 Å². The van der Waals surface area contributed by atoms with Crippen LogP contribution in [0.25, 0.3) is 0 Å². The van der Waals surface area contributed by atoms with E-state index < -0.39 is 0 Å². The van der Waals surface area contributed by atoms with E-state index >= 15 is 0 Å². The van der Waals surface area contributed by atoms with Gasteiger partial charge < -0.3 is 9.53 Å². The highest BCUT2D eigenvalue weighted by atomic mass is 16.5. The minimum absolute atomic E-state index is 0.0921. The maximum atomic E-state index is 10.9. The van der Waals surface area contributed by atoms with Crippen molar-refractivity contribution in [2.24, 2.45) is 0 Å². The van der Waals surface area contributed by atoms with Gasteiger partial charge in [0.05, 0.1) is 7.11 Å². The topological polar surface area (TPSA) is 43.4 Å². The summed E-state index contributed by atoms with van der Waals surface area (Å²) in [4.78, 5) is 21.6. The summed E-state index contributed by atoms with van der Waals surface area (Å²) >= 11 is 0. The highest BCUT2D eigenvalue weighted by Crippen LogP contribution is 2.12. The molecule has 112 valence electrons. The third-order valence-corrected chi connectivity index (χ3v) is 3.39. The molecule has 0 aromatic rings. The smallest absolute Gasteiger partial charge is 0.305 e. The lowest BCUT2D eigenvalue weighted by molar-refractivity contribution is -0.140. The van der Waals surface area contributed by atoms with Crippen LogP contribution in [0.4, 0.5) is 0 Å². The van der Waals surface area contributed by atoms with Gasteiger partial charge in [-0.05, 0) is 19.8 Å². The average Bonchev–Trinajstić information content (AvgIpc) is 2.39. The molecule has 19 heavy (non-hydrogen) atoms. The molecule has 0 aliphatic heterocycles. The first-order valence-electron chi connectivity index (χ1n) is 7.73. The third-order valence-electron chi connectivity index (χ3n) is 3.39. The predicted octanol–water partition coefficient (Wildman–Crippen LogP) is 4.43. The van der Waals surface area contributed by atoms with Crippen molar-refractivity contribution in [2.75, 3.05) is 7.11 Å². The Morgan fingerprint density at radius 2 is 1.05 bits per heavy atom. The minimum Gasteiger partial charge on any atom is -0.469 e. The number of carbonyl (C=O) groups excluding carboxylic acids is 2. The van der Waals surface area contributed by atoms with E-state index in [2.05, 4.69) is 4.74 Å². The molecule has 0 saturated heterocycles. The molecule has 0 unspecified atom stereocenters. The summed E-state index contributed by atoms with van der Waals surface area (Å²) in [6.45, 7) is 1.67. The minimum atomic E-state index is -0.0921. The van der Waals surface area contributed by atoms with Gasteiger partial charge in [0.15, 0.2) is 0 Å². The van der Waals surface area contributed by atoms with Crippen LogP contribution in [-0.4, -0.2) is 18.9 Å². The number of carbonyl (C=O) groups is 2. The lowest BCUT2D eigenvalue weighted by Gasteiger charge is -2.02. The number of rotatable bonds is 13. The number of unbranched alkanes of at least 4 members (excludes halogenated alkanes) is 9. The molecule has 3 nitrogen and oxygen atoms in total. The van der Waals surface area contributed by atoms with Crippen molar-refractivity contribution in [3.8, 4) is 0 Å². The van der Waals surface area contributed by atoms with E-state index in [1.54, 1.807) is 6.92 Å². The second-order valence-corrected chi connectivity index (χ2v) is 5.31. The van der Waals surface area contributed by atoms with E-state index in [9.17, 15) is 9.59 Å². The largest absolute Gasteiger partial charge is 0.469 e. The zero-order chi connectivity index (χ0) is 14.3. The van der Waals surface area contributed by atoms with Crippen LogP contribution in [0.5, 0.6) is 0 Å². The summed E-state index contributed by atoms with van der Waals surface area (Å²) in [6.07, 6.45) is 13.3. The quantitative estimate of drug-likeness (QED) is 0.367. The Bertz CT molecular complexity index is 236. The third kappa shape index (κ3) is 15.1. The van der Waals surface area contributed by atoms with Crippen LogP contribution in [0.1, 0.15) is 84.0 Å². The lowest BCUT2D eigenvalue weighted by atomic mass is 10.0. The highest BCUT2D eigenvalue weighted by Gasteiger charge is 1.99. The normalized spacial score (nSPS) is 10.4. The molecular weight excluding hydrogens is 240 g/mol. The van der Waals surface area contributed by atoms with E-state index in [4.69, 9.17) is 0 Å². The Hall–Kier alpha value is -0.860. The zero-order valence-corrected chi connectivity index (χ0v) is 12.7. The second-order valence-electron chi connectivity index (χ2n) is 5.31. The molecule has 0 fully saturated rings. The van der Waals surface area contributed by atoms with Crippen LogP contribution >= 0.6 is 0 Å². The van der Waals surface area contributed by atoms with Gasteiger partial charge in [-0.25, -0.2) is 0 Å². The number of esters is 1. The molecule has 0 amide bonds. The van der Waals surface area contributed by atoms with Crippen molar-refractivity contribution in [3.63, 3.8) is 0 Å². The molecule has 0 radical (unpaired) electrons. The first-order valence-corrected chi connectivity index (χ1v) is 7.73. The molecule has 0 saturated carbocycles. The van der Waals surface area contributed by atoms with E-state index in [1.807, 2.05) is 0 Å². The maximum Gasteiger partial charge on any atom is 0.305 e. The van der Waals surface area contributed by atoms with Crippen molar-refractivity contribution >= 4 is 11.8 Å². The molecule has 0 rings (SSSR count). The van der Waals surface area contributed by atoms with E-state index in [-0.39, 0.29) is 5.97 Å². The molecule has 0 atom stereocenters. The number of hydrogen-bond acceptors (Lipinski definition) is 3. The Morgan fingerprint density at radius 1 is 0.684 bits per heavy atom. The monoisotopic (exact) mass is 270 g/mol. The van der Waals surface area contributed by atoms with Gasteiger partial charge in [0.2, 0.25) is 0 Å². The summed E-state index contributed by atoms with van der Waals surface area (Å²) in [7, 11) is 1.44. The van der Waals surface area contributed by atoms with Gasteiger partial charge in [0, 0.05) is 12.8 Å². The van der Waals surface area contributed by atoms with Gasteiger partial charge in [0.1, 0.15) is 5.78 Å². The molecule has 0 aromatic heterocycles. The fourth-order valence-electron chi connectivity index (χ4n) is 2.16. The fraction of sp³-hybridized carbons (Fsp3) is 0.875. The maximum absolute atomic E-state index is 10.9. The molecule has 0 aliphatic carbocycles. The van der Waals surface area contributed by atoms with Crippen LogP contribution in [0, 0.1) is 0 Å². The Labute approximate surface area is 118 Å². The first kappa shape index (κ1) is 18.1. The average molecular weight is 270 g/mol. The van der Waals surface area contributed by atoms with Gasteiger partial charge in [-0.1, -0.05) is 51.4 Å². The van der Waals surface area contributed by atoms with E-state index in [0.29, 0.717) is 12.2 Å². The SMILES string of the molecule is COC(=O)CCCCCCCCCCCCC(C)=O. The Balaban J connectivity index is 3.03. The lowest BCUT2D eigenvalue weighted by Crippen LogP contribution is -1.99. The molecule has 0 aliphatic rings. The molecule has 0 bridgehead atoms. The van der Waals surface area contributed by atoms with Crippen LogP contribution in [0.2, 0.25) is 0 Å². The Morgan fingerprint density at radius 3 is 1.42 bits per heavy atom. The van der Waals surface area contributed by atoms with Crippen LogP contribution in [0.15, 0.2) is 0 Å². The van der Waals surface area contributed by atoms with Crippen molar-refractivity contribution in [3.05, 3.63) is 0 Å². The van der Waals surface area contributed by atoms with Gasteiger partial charge in [-0.3, -0.25) is 4.79 Å². The summed E-state index contributed by atoms with van der Waals surface area (Å²) in [5, 5.41) is 0. The van der Waals surface area contributed by atoms with Gasteiger partial charge in [-0.15, -0.1) is 0 Å². The summed E-state index contributed by atoms with van der Waals surface area (Å²) in [5.74, 6) is 0.220. The van der Waals surface area contributed by atoms with Crippen molar-refractivity contribution in [1.29, 1.82) is 0 Å². The van der Waals surface area contributed by atoms with Crippen LogP contribution in [0.3, 0.4) is 0 Å². The fourth-order valence-corrected chi connectivity index (χ4v) is 2.16. The summed E-state index contributed by atoms with van der Waals surface area (Å²) in [6, 6.07) is 0. The molecule has 0 aromatic carbocycles. The molecule has 0 N–H and O–H groups in total. The summed E-state index contributed by atoms with van der Waals surface area (Å²) in [5.41, 5.74) is 0. The number of ketones is 1. The molecular formula is C16H30O3. The van der Waals surface area contributed by atoms with Crippen molar-refractivity contribution < 1.29 is 14.3 Å². The van der Waals surface area contributed by atoms with Gasteiger partial charge in [0.25, 0.3) is 0 Å². The predicted molar refractivity (Wildman–Crippen MR) is 78.1 cm³/mol. The number of hydrogen-bond donors (Lipinski definition) is 0. The standard InChI is InChI=1S/C16H30O3/c1-15(17)13-11-9-7-5-3-4-6-8-10-12-14-16(18)19-2/h3-14H2,1-2H3. The molecule has 0 heterocycles. The van der Waals surface area contributed by atoms with Crippen LogP contribution < -0.4 is 0 Å². The summed E-state index contributed by atoms with van der Waals surface area (Å²) < 4.78 is 4.60. The second kappa shape index (κ2) is 13.6. The zero-order valence-electron chi connectivity index (χ0n) is 12.7. The molecule has 3 heteroatoms. The van der Waals surface area contributed by atoms with Crippen molar-refractivity contribution in [1.82, 2.24) is 0 Å². The van der Waals surface area contributed by atoms with Crippen LogP contribution in [-0.2, 0) is 14.3 Å². The van der Waals surface area contributed by atoms with Gasteiger partial charge in [-0.2, -0.15) is 0 Å². The van der Waals surface area contributed by atoms with Gasteiger partial charge >= 0.3 is 5.97 Å². The number of ether oxygens (including phenoxy) is 1. The van der Waals surface area contributed by atoms with Crippen molar-refractivity contribution in [2.45, 2.75) is 84.0 Å². The number of Topliss-reactive ketones (excluding diaryl/α,β-unsaturated/α-hetero) is 1.